The summed E-state index contributed by atoms with van der Waals surface area (Å²) in [5.74, 6) is -0.791. The number of aromatic nitrogens is 1. The van der Waals surface area contributed by atoms with Gasteiger partial charge in [0.1, 0.15) is 0 Å². The molecule has 3 nitrogen and oxygen atoms in total. The molecule has 4 heteroatoms. The second-order valence-electron chi connectivity index (χ2n) is 3.83. The molecule has 0 atom stereocenters. The standard InChI is InChI=1S/C10H12BrNO2/c1-10(2,9(13)14)5-7-3-4-12-6-8(7)11/h3-4,6H,5H2,1-2H3,(H,13,14). The quantitative estimate of drug-likeness (QED) is 0.906. The lowest BCUT2D eigenvalue weighted by atomic mass is 9.86. The van der Waals surface area contributed by atoms with E-state index < -0.39 is 11.4 Å². The summed E-state index contributed by atoms with van der Waals surface area (Å²) in [4.78, 5) is 14.8. The first-order valence-corrected chi connectivity index (χ1v) is 5.04. The second kappa shape index (κ2) is 4.09. The molecule has 0 radical (unpaired) electrons. The third-order valence-electron chi connectivity index (χ3n) is 2.07. The molecule has 0 unspecified atom stereocenters. The summed E-state index contributed by atoms with van der Waals surface area (Å²) in [7, 11) is 0. The van der Waals surface area contributed by atoms with E-state index in [1.54, 1.807) is 26.2 Å². The summed E-state index contributed by atoms with van der Waals surface area (Å²) in [6.45, 7) is 3.42. The van der Waals surface area contributed by atoms with E-state index in [2.05, 4.69) is 20.9 Å². The Bertz CT molecular complexity index is 350. The van der Waals surface area contributed by atoms with Crippen LogP contribution in [-0.4, -0.2) is 16.1 Å². The van der Waals surface area contributed by atoms with Gasteiger partial charge in [-0.25, -0.2) is 0 Å². The molecular weight excluding hydrogens is 246 g/mol. The van der Waals surface area contributed by atoms with Gasteiger partial charge in [-0.05, 0) is 47.8 Å². The topological polar surface area (TPSA) is 50.2 Å². The molecule has 1 N–H and O–H groups in total. The number of hydrogen-bond acceptors (Lipinski definition) is 2. The monoisotopic (exact) mass is 257 g/mol. The van der Waals surface area contributed by atoms with E-state index in [0.717, 1.165) is 10.0 Å². The number of nitrogens with zero attached hydrogens (tertiary/aromatic N) is 1. The van der Waals surface area contributed by atoms with Crippen molar-refractivity contribution in [3.05, 3.63) is 28.5 Å². The van der Waals surface area contributed by atoms with Gasteiger partial charge in [0.25, 0.3) is 0 Å². The van der Waals surface area contributed by atoms with Crippen LogP contribution >= 0.6 is 15.9 Å². The van der Waals surface area contributed by atoms with Crippen molar-refractivity contribution in [2.24, 2.45) is 5.41 Å². The van der Waals surface area contributed by atoms with Gasteiger partial charge in [-0.2, -0.15) is 0 Å². The van der Waals surface area contributed by atoms with Crippen molar-refractivity contribution in [3.63, 3.8) is 0 Å². The van der Waals surface area contributed by atoms with Crippen LogP contribution in [0, 0.1) is 5.41 Å². The van der Waals surface area contributed by atoms with Crippen LogP contribution in [0.3, 0.4) is 0 Å². The molecular formula is C10H12BrNO2. The maximum Gasteiger partial charge on any atom is 0.309 e. The second-order valence-corrected chi connectivity index (χ2v) is 4.69. The molecule has 0 saturated carbocycles. The molecule has 0 amide bonds. The zero-order chi connectivity index (χ0) is 10.8. The molecule has 0 fully saturated rings. The highest BCUT2D eigenvalue weighted by atomic mass is 79.9. The highest BCUT2D eigenvalue weighted by molar-refractivity contribution is 9.10. The highest BCUT2D eigenvalue weighted by Gasteiger charge is 2.27. The van der Waals surface area contributed by atoms with Gasteiger partial charge in [0.2, 0.25) is 0 Å². The SMILES string of the molecule is CC(C)(Cc1ccncc1Br)C(=O)O. The van der Waals surface area contributed by atoms with Gasteiger partial charge < -0.3 is 5.11 Å². The molecule has 1 rings (SSSR count). The van der Waals surface area contributed by atoms with Crippen LogP contribution in [0.4, 0.5) is 0 Å². The summed E-state index contributed by atoms with van der Waals surface area (Å²) in [5.41, 5.74) is 0.219. The molecule has 0 aliphatic heterocycles. The molecule has 14 heavy (non-hydrogen) atoms. The summed E-state index contributed by atoms with van der Waals surface area (Å²) in [6, 6.07) is 1.83. The van der Waals surface area contributed by atoms with Gasteiger partial charge in [0.05, 0.1) is 5.41 Å². The van der Waals surface area contributed by atoms with Gasteiger partial charge in [-0.3, -0.25) is 9.78 Å². The Balaban J connectivity index is 2.89. The number of carboxylic acid groups (broad SMARTS) is 1. The van der Waals surface area contributed by atoms with Gasteiger partial charge in [-0.1, -0.05) is 0 Å². The van der Waals surface area contributed by atoms with Crippen LogP contribution in [0.2, 0.25) is 0 Å². The number of pyridine rings is 1. The molecule has 1 aromatic heterocycles. The lowest BCUT2D eigenvalue weighted by Gasteiger charge is -2.19. The summed E-state index contributed by atoms with van der Waals surface area (Å²) >= 11 is 3.34. The maximum atomic E-state index is 10.9. The van der Waals surface area contributed by atoms with Crippen molar-refractivity contribution < 1.29 is 9.90 Å². The maximum absolute atomic E-state index is 10.9. The average Bonchev–Trinajstić information content (AvgIpc) is 2.08. The summed E-state index contributed by atoms with van der Waals surface area (Å²) < 4.78 is 0.856. The lowest BCUT2D eigenvalue weighted by Crippen LogP contribution is -2.26. The number of aliphatic carboxylic acids is 1. The van der Waals surface area contributed by atoms with Crippen LogP contribution in [0.5, 0.6) is 0 Å². The van der Waals surface area contributed by atoms with Crippen LogP contribution in [-0.2, 0) is 11.2 Å². The van der Waals surface area contributed by atoms with Gasteiger partial charge in [0.15, 0.2) is 0 Å². The van der Waals surface area contributed by atoms with E-state index in [1.165, 1.54) is 0 Å². The van der Waals surface area contributed by atoms with Gasteiger partial charge >= 0.3 is 5.97 Å². The van der Waals surface area contributed by atoms with Crippen molar-refractivity contribution >= 4 is 21.9 Å². The minimum absolute atomic E-state index is 0.492. The molecule has 0 aliphatic carbocycles. The van der Waals surface area contributed by atoms with E-state index in [1.807, 2.05) is 6.07 Å². The van der Waals surface area contributed by atoms with E-state index in [0.29, 0.717) is 6.42 Å². The third kappa shape index (κ3) is 2.54. The normalized spacial score (nSPS) is 11.4. The molecule has 1 heterocycles. The van der Waals surface area contributed by atoms with Crippen molar-refractivity contribution in [2.75, 3.05) is 0 Å². The van der Waals surface area contributed by atoms with Gasteiger partial charge in [0, 0.05) is 16.9 Å². The Hall–Kier alpha value is -0.900. The first kappa shape index (κ1) is 11.2. The zero-order valence-corrected chi connectivity index (χ0v) is 9.71. The smallest absolute Gasteiger partial charge is 0.309 e. The molecule has 76 valence electrons. The zero-order valence-electron chi connectivity index (χ0n) is 8.12. The van der Waals surface area contributed by atoms with Crippen LogP contribution in [0.25, 0.3) is 0 Å². The fourth-order valence-corrected chi connectivity index (χ4v) is 1.49. The number of halogens is 1. The van der Waals surface area contributed by atoms with E-state index in [4.69, 9.17) is 5.11 Å². The minimum Gasteiger partial charge on any atom is -0.481 e. The fourth-order valence-electron chi connectivity index (χ4n) is 1.10. The first-order chi connectivity index (χ1) is 6.43. The Morgan fingerprint density at radius 2 is 2.29 bits per heavy atom. The van der Waals surface area contributed by atoms with Crippen LogP contribution < -0.4 is 0 Å². The predicted molar refractivity (Wildman–Crippen MR) is 57.1 cm³/mol. The molecule has 0 saturated heterocycles. The van der Waals surface area contributed by atoms with Crippen molar-refractivity contribution in [1.29, 1.82) is 0 Å². The Labute approximate surface area is 91.3 Å². The Morgan fingerprint density at radius 1 is 1.64 bits per heavy atom. The van der Waals surface area contributed by atoms with Crippen molar-refractivity contribution in [2.45, 2.75) is 20.3 Å². The van der Waals surface area contributed by atoms with E-state index >= 15 is 0 Å². The number of carbonyl (C=O) groups is 1. The fraction of sp³-hybridized carbons (Fsp3) is 0.400. The largest absolute Gasteiger partial charge is 0.481 e. The Kier molecular flexibility index (Phi) is 3.26. The van der Waals surface area contributed by atoms with Crippen LogP contribution in [0.1, 0.15) is 19.4 Å². The predicted octanol–water partition coefficient (Wildman–Crippen LogP) is 2.50. The van der Waals surface area contributed by atoms with Crippen LogP contribution in [0.15, 0.2) is 22.9 Å². The average molecular weight is 258 g/mol. The Morgan fingerprint density at radius 3 is 2.79 bits per heavy atom. The van der Waals surface area contributed by atoms with Crippen molar-refractivity contribution in [3.8, 4) is 0 Å². The third-order valence-corrected chi connectivity index (χ3v) is 2.78. The van der Waals surface area contributed by atoms with E-state index in [9.17, 15) is 4.79 Å². The molecule has 0 spiro atoms. The summed E-state index contributed by atoms with van der Waals surface area (Å²) in [5, 5.41) is 8.96. The van der Waals surface area contributed by atoms with Crippen molar-refractivity contribution in [1.82, 2.24) is 4.98 Å². The number of rotatable bonds is 3. The minimum atomic E-state index is -0.791. The summed E-state index contributed by atoms with van der Waals surface area (Å²) in [6.07, 6.45) is 3.83. The first-order valence-electron chi connectivity index (χ1n) is 4.25. The number of carboxylic acids is 1. The molecule has 0 aromatic carbocycles. The number of hydrogen-bond donors (Lipinski definition) is 1. The molecule has 0 aliphatic rings. The molecule has 0 bridgehead atoms. The van der Waals surface area contributed by atoms with Gasteiger partial charge in [-0.15, -0.1) is 0 Å². The van der Waals surface area contributed by atoms with E-state index in [-0.39, 0.29) is 0 Å². The lowest BCUT2D eigenvalue weighted by molar-refractivity contribution is -0.146. The highest BCUT2D eigenvalue weighted by Crippen LogP contribution is 2.26. The molecule has 1 aromatic rings.